The standard InChI is InChI=1S/C16H29NO4SSi/c1-10(21-23(5,6)15(2,3)4)12-13(17-14(12)19)16(22)11(18)8-7-9-20-16/h10,12-13,22H,7-9H2,1-6H3,(H,17,19)/t10-,12-,13+,16-/m1/s1. The van der Waals surface area contributed by atoms with E-state index in [1.165, 1.54) is 0 Å². The maximum Gasteiger partial charge on any atom is 0.228 e. The van der Waals surface area contributed by atoms with Crippen LogP contribution in [0.15, 0.2) is 0 Å². The summed E-state index contributed by atoms with van der Waals surface area (Å²) in [4.78, 5) is 23.2. The molecule has 0 aliphatic carbocycles. The van der Waals surface area contributed by atoms with E-state index < -0.39 is 25.2 Å². The van der Waals surface area contributed by atoms with Crippen LogP contribution < -0.4 is 5.32 Å². The van der Waals surface area contributed by atoms with Crippen LogP contribution in [0.1, 0.15) is 40.5 Å². The van der Waals surface area contributed by atoms with E-state index in [0.29, 0.717) is 19.4 Å². The van der Waals surface area contributed by atoms with Crippen LogP contribution in [0.3, 0.4) is 0 Å². The Balaban J connectivity index is 2.14. The summed E-state index contributed by atoms with van der Waals surface area (Å²) in [7, 11) is -1.99. The smallest absolute Gasteiger partial charge is 0.228 e. The molecule has 2 aliphatic heterocycles. The summed E-state index contributed by atoms with van der Waals surface area (Å²) in [6.45, 7) is 13.2. The Morgan fingerprint density at radius 3 is 2.48 bits per heavy atom. The molecule has 0 aromatic rings. The number of hydrogen-bond donors (Lipinski definition) is 2. The van der Waals surface area contributed by atoms with Crippen molar-refractivity contribution in [1.29, 1.82) is 0 Å². The van der Waals surface area contributed by atoms with Gasteiger partial charge in [-0.05, 0) is 31.5 Å². The number of Topliss-reactive ketones (excluding diaryl/α,β-unsaturated/α-hetero) is 1. The molecule has 2 saturated heterocycles. The van der Waals surface area contributed by atoms with E-state index >= 15 is 0 Å². The predicted molar refractivity (Wildman–Crippen MR) is 95.1 cm³/mol. The van der Waals surface area contributed by atoms with E-state index in [1.807, 2.05) is 6.92 Å². The van der Waals surface area contributed by atoms with Crippen molar-refractivity contribution in [2.75, 3.05) is 6.61 Å². The van der Waals surface area contributed by atoms with Crippen LogP contribution >= 0.6 is 12.6 Å². The minimum Gasteiger partial charge on any atom is -0.413 e. The van der Waals surface area contributed by atoms with Gasteiger partial charge in [0, 0.05) is 13.0 Å². The first kappa shape index (κ1) is 19.0. The number of nitrogens with one attached hydrogen (secondary N) is 1. The lowest BCUT2D eigenvalue weighted by Crippen LogP contribution is -2.73. The Labute approximate surface area is 145 Å². The van der Waals surface area contributed by atoms with Crippen LogP contribution in [-0.2, 0) is 18.8 Å². The van der Waals surface area contributed by atoms with Crippen LogP contribution in [0.25, 0.3) is 0 Å². The van der Waals surface area contributed by atoms with Crippen molar-refractivity contribution in [3.05, 3.63) is 0 Å². The van der Waals surface area contributed by atoms with E-state index in [9.17, 15) is 9.59 Å². The van der Waals surface area contributed by atoms with Crippen molar-refractivity contribution in [1.82, 2.24) is 5.32 Å². The molecule has 1 N–H and O–H groups in total. The number of thiol groups is 1. The van der Waals surface area contributed by atoms with Gasteiger partial charge in [0.25, 0.3) is 0 Å². The van der Waals surface area contributed by atoms with Crippen molar-refractivity contribution in [2.24, 2.45) is 5.92 Å². The van der Waals surface area contributed by atoms with Crippen LogP contribution in [0.5, 0.6) is 0 Å². The molecular formula is C16H29NO4SSi. The summed E-state index contributed by atoms with van der Waals surface area (Å²) in [6.07, 6.45) is 0.889. The molecule has 4 atom stereocenters. The Morgan fingerprint density at radius 1 is 1.39 bits per heavy atom. The Bertz CT molecular complexity index is 505. The number of β-lactam (4-membered cyclic amide) rings is 1. The van der Waals surface area contributed by atoms with Gasteiger partial charge in [-0.3, -0.25) is 9.59 Å². The fraction of sp³-hybridized carbons (Fsp3) is 0.875. The summed E-state index contributed by atoms with van der Waals surface area (Å²) in [5.74, 6) is -0.540. The zero-order valence-electron chi connectivity index (χ0n) is 14.9. The minimum absolute atomic E-state index is 0.0541. The van der Waals surface area contributed by atoms with Gasteiger partial charge < -0.3 is 14.5 Å². The topological polar surface area (TPSA) is 64.6 Å². The first-order chi connectivity index (χ1) is 10.4. The SMILES string of the molecule is C[C@@H](O[Si](C)(C)C(C)(C)C)[C@H]1C(=O)N[C@@H]1[C@@]1(S)OCCCC1=O. The number of ketones is 1. The fourth-order valence-electron chi connectivity index (χ4n) is 2.92. The minimum atomic E-state index is -1.99. The van der Waals surface area contributed by atoms with Gasteiger partial charge in [0.15, 0.2) is 19.0 Å². The molecule has 0 unspecified atom stereocenters. The third-order valence-electron chi connectivity index (χ3n) is 5.44. The molecule has 0 aromatic heterocycles. The summed E-state index contributed by atoms with van der Waals surface area (Å²) < 4.78 is 12.0. The van der Waals surface area contributed by atoms with Crippen LogP contribution in [0.2, 0.25) is 18.1 Å². The second kappa shape index (κ2) is 6.17. The van der Waals surface area contributed by atoms with Crippen molar-refractivity contribution in [2.45, 2.75) is 75.7 Å². The quantitative estimate of drug-likeness (QED) is 0.460. The Hall–Kier alpha value is -0.373. The number of carbonyl (C=O) groups excluding carboxylic acids is 2. The zero-order chi connectivity index (χ0) is 17.6. The third kappa shape index (κ3) is 3.38. The lowest BCUT2D eigenvalue weighted by Gasteiger charge is -2.50. The molecule has 2 aliphatic rings. The van der Waals surface area contributed by atoms with Crippen molar-refractivity contribution in [3.8, 4) is 0 Å². The molecule has 0 saturated carbocycles. The number of hydrogen-bond acceptors (Lipinski definition) is 5. The highest BCUT2D eigenvalue weighted by Crippen LogP contribution is 2.42. The van der Waals surface area contributed by atoms with Crippen molar-refractivity contribution >= 4 is 32.6 Å². The van der Waals surface area contributed by atoms with Crippen molar-refractivity contribution in [3.63, 3.8) is 0 Å². The van der Waals surface area contributed by atoms with E-state index in [0.717, 1.165) is 0 Å². The number of carbonyl (C=O) groups is 2. The van der Waals surface area contributed by atoms with E-state index in [4.69, 9.17) is 9.16 Å². The summed E-state index contributed by atoms with van der Waals surface area (Å²) in [5, 5.41) is 2.88. The van der Waals surface area contributed by atoms with Gasteiger partial charge in [-0.1, -0.05) is 20.8 Å². The molecule has 7 heteroatoms. The maximum atomic E-state index is 12.3. The first-order valence-corrected chi connectivity index (χ1v) is 11.6. The molecule has 0 aromatic carbocycles. The fourth-order valence-corrected chi connectivity index (χ4v) is 4.78. The first-order valence-electron chi connectivity index (χ1n) is 8.28. The normalized spacial score (nSPS) is 33.9. The molecule has 5 nitrogen and oxygen atoms in total. The van der Waals surface area contributed by atoms with Crippen LogP contribution in [0, 0.1) is 5.92 Å². The molecule has 1 amide bonds. The molecule has 2 heterocycles. The highest BCUT2D eigenvalue weighted by Gasteiger charge is 2.58. The van der Waals surface area contributed by atoms with Gasteiger partial charge in [0.2, 0.25) is 5.91 Å². The van der Waals surface area contributed by atoms with E-state index in [1.54, 1.807) is 0 Å². The lowest BCUT2D eigenvalue weighted by molar-refractivity contribution is -0.160. The maximum absolute atomic E-state index is 12.3. The molecule has 0 bridgehead atoms. The predicted octanol–water partition coefficient (Wildman–Crippen LogP) is 2.52. The van der Waals surface area contributed by atoms with Gasteiger partial charge in [0.1, 0.15) is 0 Å². The molecule has 132 valence electrons. The zero-order valence-corrected chi connectivity index (χ0v) is 16.8. The highest BCUT2D eigenvalue weighted by molar-refractivity contribution is 7.82. The summed E-state index contributed by atoms with van der Waals surface area (Å²) in [5.41, 5.74) is 0. The highest BCUT2D eigenvalue weighted by atomic mass is 32.1. The van der Waals surface area contributed by atoms with Crippen molar-refractivity contribution < 1.29 is 18.8 Å². The lowest BCUT2D eigenvalue weighted by atomic mass is 9.79. The summed E-state index contributed by atoms with van der Waals surface area (Å²) >= 11 is 4.50. The number of amides is 1. The second-order valence-electron chi connectivity index (χ2n) is 8.17. The Kier molecular flexibility index (Phi) is 5.08. The van der Waals surface area contributed by atoms with Gasteiger partial charge in [-0.25, -0.2) is 0 Å². The van der Waals surface area contributed by atoms with Gasteiger partial charge in [-0.15, -0.1) is 12.6 Å². The average molecular weight is 360 g/mol. The molecular weight excluding hydrogens is 330 g/mol. The second-order valence-corrected chi connectivity index (χ2v) is 13.6. The molecule has 23 heavy (non-hydrogen) atoms. The molecule has 0 spiro atoms. The molecule has 2 rings (SSSR count). The molecule has 0 radical (unpaired) electrons. The van der Waals surface area contributed by atoms with Gasteiger partial charge in [0.05, 0.1) is 18.1 Å². The average Bonchev–Trinajstić information content (AvgIpc) is 2.37. The Morgan fingerprint density at radius 2 is 2.00 bits per heavy atom. The molecule has 2 fully saturated rings. The van der Waals surface area contributed by atoms with Crippen LogP contribution in [-0.4, -0.2) is 43.7 Å². The largest absolute Gasteiger partial charge is 0.413 e. The number of ether oxygens (including phenoxy) is 1. The monoisotopic (exact) mass is 359 g/mol. The van der Waals surface area contributed by atoms with E-state index in [-0.39, 0.29) is 22.8 Å². The third-order valence-corrected chi connectivity index (χ3v) is 10.7. The van der Waals surface area contributed by atoms with Gasteiger partial charge >= 0.3 is 0 Å². The van der Waals surface area contributed by atoms with Crippen LogP contribution in [0.4, 0.5) is 0 Å². The number of rotatable bonds is 4. The van der Waals surface area contributed by atoms with Gasteiger partial charge in [-0.2, -0.15) is 0 Å². The van der Waals surface area contributed by atoms with E-state index in [2.05, 4.69) is 51.8 Å². The summed E-state index contributed by atoms with van der Waals surface area (Å²) in [6, 6.07) is -0.425.